The van der Waals surface area contributed by atoms with Crippen molar-refractivity contribution in [3.63, 3.8) is 0 Å². The van der Waals surface area contributed by atoms with Crippen LogP contribution in [-0.2, 0) is 4.74 Å². The van der Waals surface area contributed by atoms with Gasteiger partial charge < -0.3 is 4.74 Å². The number of nitrogens with two attached hydrogens (primary N) is 1. The number of nitrogens with one attached hydrogen (secondary N) is 1. The van der Waals surface area contributed by atoms with E-state index >= 15 is 0 Å². The summed E-state index contributed by atoms with van der Waals surface area (Å²) in [4.78, 5) is 4.30. The van der Waals surface area contributed by atoms with Crippen LogP contribution in [0.4, 0.5) is 0 Å². The maximum Gasteiger partial charge on any atom is 0.0641 e. The molecule has 4 heteroatoms. The largest absolute Gasteiger partial charge is 0.379 e. The highest BCUT2D eigenvalue weighted by Crippen LogP contribution is 2.29. The molecular formula is C15H21N3O. The van der Waals surface area contributed by atoms with E-state index in [4.69, 9.17) is 10.6 Å². The van der Waals surface area contributed by atoms with E-state index in [1.807, 2.05) is 24.5 Å². The summed E-state index contributed by atoms with van der Waals surface area (Å²) in [6, 6.07) is 8.20. The first-order chi connectivity index (χ1) is 9.07. The van der Waals surface area contributed by atoms with E-state index in [0.29, 0.717) is 0 Å². The summed E-state index contributed by atoms with van der Waals surface area (Å²) in [6.45, 7) is 4.10. The zero-order valence-electron chi connectivity index (χ0n) is 11.7. The van der Waals surface area contributed by atoms with Gasteiger partial charge in [-0.2, -0.15) is 0 Å². The van der Waals surface area contributed by atoms with Crippen LogP contribution in [0.3, 0.4) is 0 Å². The molecule has 0 aliphatic heterocycles. The molecule has 1 aromatic carbocycles. The zero-order valence-corrected chi connectivity index (χ0v) is 11.7. The Balaban J connectivity index is 2.41. The van der Waals surface area contributed by atoms with Crippen molar-refractivity contribution in [3.05, 3.63) is 42.2 Å². The Morgan fingerprint density at radius 2 is 2.05 bits per heavy atom. The normalized spacial score (nSPS) is 13.7. The number of hydrogen-bond donors (Lipinski definition) is 2. The Morgan fingerprint density at radius 1 is 1.32 bits per heavy atom. The smallest absolute Gasteiger partial charge is 0.0641 e. The molecule has 0 spiro atoms. The van der Waals surface area contributed by atoms with E-state index in [-0.39, 0.29) is 11.6 Å². The van der Waals surface area contributed by atoms with Crippen molar-refractivity contribution < 1.29 is 4.74 Å². The molecule has 2 aromatic rings. The second-order valence-corrected chi connectivity index (χ2v) is 5.34. The molecule has 19 heavy (non-hydrogen) atoms. The quantitative estimate of drug-likeness (QED) is 0.640. The van der Waals surface area contributed by atoms with E-state index in [1.165, 1.54) is 5.39 Å². The molecule has 0 aliphatic carbocycles. The van der Waals surface area contributed by atoms with Gasteiger partial charge >= 0.3 is 0 Å². The molecule has 1 unspecified atom stereocenters. The lowest BCUT2D eigenvalue weighted by atomic mass is 9.92. The van der Waals surface area contributed by atoms with Crippen molar-refractivity contribution in [1.82, 2.24) is 10.4 Å². The number of benzene rings is 1. The lowest BCUT2D eigenvalue weighted by Gasteiger charge is -2.28. The molecule has 0 amide bonds. The summed E-state index contributed by atoms with van der Waals surface area (Å²) in [5.74, 6) is 5.72. The van der Waals surface area contributed by atoms with Gasteiger partial charge in [-0.05, 0) is 31.2 Å². The summed E-state index contributed by atoms with van der Waals surface area (Å²) >= 11 is 0. The second-order valence-electron chi connectivity index (χ2n) is 5.34. The number of rotatable bonds is 5. The fourth-order valence-electron chi connectivity index (χ4n) is 2.25. The summed E-state index contributed by atoms with van der Waals surface area (Å²) in [5, 5.41) is 2.29. The number of aromatic nitrogens is 1. The Hall–Kier alpha value is -1.49. The third kappa shape index (κ3) is 3.10. The van der Waals surface area contributed by atoms with Gasteiger partial charge in [0.25, 0.3) is 0 Å². The number of fused-ring (bicyclic) bond motifs is 1. The number of ether oxygens (including phenoxy) is 1. The molecule has 1 aromatic heterocycles. The Bertz CT molecular complexity index is 549. The van der Waals surface area contributed by atoms with Crippen molar-refractivity contribution in [3.8, 4) is 0 Å². The molecule has 102 valence electrons. The first kappa shape index (κ1) is 13.9. The summed E-state index contributed by atoms with van der Waals surface area (Å²) in [6.07, 6.45) is 4.52. The molecular weight excluding hydrogens is 238 g/mol. The molecule has 0 bridgehead atoms. The van der Waals surface area contributed by atoms with Crippen LogP contribution in [0.2, 0.25) is 0 Å². The van der Waals surface area contributed by atoms with Crippen LogP contribution in [0.5, 0.6) is 0 Å². The number of pyridine rings is 1. The van der Waals surface area contributed by atoms with E-state index in [1.54, 1.807) is 7.11 Å². The van der Waals surface area contributed by atoms with Crippen LogP contribution in [0.15, 0.2) is 36.7 Å². The average molecular weight is 259 g/mol. The van der Waals surface area contributed by atoms with Crippen LogP contribution >= 0.6 is 0 Å². The maximum atomic E-state index is 5.72. The van der Waals surface area contributed by atoms with Gasteiger partial charge in [-0.3, -0.25) is 16.3 Å². The zero-order chi connectivity index (χ0) is 13.9. The molecule has 0 fully saturated rings. The predicted molar refractivity (Wildman–Crippen MR) is 77.5 cm³/mol. The van der Waals surface area contributed by atoms with Crippen LogP contribution in [0, 0.1) is 0 Å². The highest BCUT2D eigenvalue weighted by atomic mass is 16.5. The monoisotopic (exact) mass is 259 g/mol. The molecule has 0 radical (unpaired) electrons. The molecule has 0 aliphatic rings. The highest BCUT2D eigenvalue weighted by molar-refractivity contribution is 5.85. The highest BCUT2D eigenvalue weighted by Gasteiger charge is 2.24. The SMILES string of the molecule is COC(C)(C)CC(NN)c1cncc2ccccc12. The van der Waals surface area contributed by atoms with Crippen LogP contribution < -0.4 is 11.3 Å². The number of hydrogen-bond acceptors (Lipinski definition) is 4. The van der Waals surface area contributed by atoms with E-state index < -0.39 is 0 Å². The Labute approximate surface area is 113 Å². The molecule has 0 saturated heterocycles. The molecule has 1 atom stereocenters. The third-order valence-electron chi connectivity index (χ3n) is 3.52. The van der Waals surface area contributed by atoms with E-state index in [2.05, 4.69) is 36.4 Å². The third-order valence-corrected chi connectivity index (χ3v) is 3.52. The van der Waals surface area contributed by atoms with E-state index in [9.17, 15) is 0 Å². The lowest BCUT2D eigenvalue weighted by Crippen LogP contribution is -2.35. The minimum absolute atomic E-state index is 0.00792. The molecule has 3 N–H and O–H groups in total. The molecule has 4 nitrogen and oxygen atoms in total. The van der Waals surface area contributed by atoms with Gasteiger partial charge in [-0.15, -0.1) is 0 Å². The van der Waals surface area contributed by atoms with Crippen molar-refractivity contribution in [2.45, 2.75) is 31.9 Å². The standard InChI is InChI=1S/C15H21N3O/c1-15(2,19-3)8-14(18-16)13-10-17-9-11-6-4-5-7-12(11)13/h4-7,9-10,14,18H,8,16H2,1-3H3. The van der Waals surface area contributed by atoms with Crippen LogP contribution in [-0.4, -0.2) is 17.7 Å². The van der Waals surface area contributed by atoms with Crippen molar-refractivity contribution >= 4 is 10.8 Å². The predicted octanol–water partition coefficient (Wildman–Crippen LogP) is 2.55. The summed E-state index contributed by atoms with van der Waals surface area (Å²) < 4.78 is 5.49. The van der Waals surface area contributed by atoms with Crippen molar-refractivity contribution in [1.29, 1.82) is 0 Å². The van der Waals surface area contributed by atoms with Crippen molar-refractivity contribution in [2.24, 2.45) is 5.84 Å². The first-order valence-corrected chi connectivity index (χ1v) is 6.41. The lowest BCUT2D eigenvalue weighted by molar-refractivity contribution is 0.00691. The van der Waals surface area contributed by atoms with E-state index in [0.717, 1.165) is 17.4 Å². The Kier molecular flexibility index (Phi) is 4.14. The number of hydrazine groups is 1. The number of methoxy groups -OCH3 is 1. The fraction of sp³-hybridized carbons (Fsp3) is 0.400. The summed E-state index contributed by atoms with van der Waals surface area (Å²) in [7, 11) is 1.72. The second kappa shape index (κ2) is 5.65. The van der Waals surface area contributed by atoms with Gasteiger partial charge in [0, 0.05) is 24.9 Å². The molecule has 2 rings (SSSR count). The Morgan fingerprint density at radius 3 is 2.74 bits per heavy atom. The molecule has 0 saturated carbocycles. The van der Waals surface area contributed by atoms with Gasteiger partial charge in [0.15, 0.2) is 0 Å². The minimum atomic E-state index is -0.242. The van der Waals surface area contributed by atoms with Crippen molar-refractivity contribution in [2.75, 3.05) is 7.11 Å². The molecule has 1 heterocycles. The van der Waals surface area contributed by atoms with Gasteiger partial charge in [-0.25, -0.2) is 0 Å². The van der Waals surface area contributed by atoms with Crippen LogP contribution in [0.1, 0.15) is 31.9 Å². The van der Waals surface area contributed by atoms with Gasteiger partial charge in [0.1, 0.15) is 0 Å². The van der Waals surface area contributed by atoms with Crippen LogP contribution in [0.25, 0.3) is 10.8 Å². The number of nitrogens with zero attached hydrogens (tertiary/aromatic N) is 1. The maximum absolute atomic E-state index is 5.72. The first-order valence-electron chi connectivity index (χ1n) is 6.41. The van der Waals surface area contributed by atoms with Gasteiger partial charge in [0.2, 0.25) is 0 Å². The van der Waals surface area contributed by atoms with Gasteiger partial charge in [-0.1, -0.05) is 24.3 Å². The minimum Gasteiger partial charge on any atom is -0.379 e. The topological polar surface area (TPSA) is 60.2 Å². The van der Waals surface area contributed by atoms with Gasteiger partial charge in [0.05, 0.1) is 11.6 Å². The summed E-state index contributed by atoms with van der Waals surface area (Å²) in [5.41, 5.74) is 3.74. The average Bonchev–Trinajstić information content (AvgIpc) is 2.44. The fourth-order valence-corrected chi connectivity index (χ4v) is 2.25.